The van der Waals surface area contributed by atoms with Crippen molar-refractivity contribution >= 4 is 11.8 Å². The fraction of sp³-hybridized carbons (Fsp3) is 0.389. The molecule has 128 valence electrons. The molecule has 0 bridgehead atoms. The molecule has 24 heavy (non-hydrogen) atoms. The van der Waals surface area contributed by atoms with Crippen molar-refractivity contribution in [3.05, 3.63) is 54.6 Å². The maximum atomic E-state index is 12.3. The number of hydrogen-bond donors (Lipinski definition) is 1. The molecule has 0 fully saturated rings. The van der Waals surface area contributed by atoms with E-state index in [1.54, 1.807) is 24.5 Å². The number of rotatable bonds is 8. The summed E-state index contributed by atoms with van der Waals surface area (Å²) >= 11 is 0. The Kier molecular flexibility index (Phi) is 6.54. The van der Waals surface area contributed by atoms with E-state index in [4.69, 9.17) is 0 Å². The number of hydrogen-bond acceptors (Lipinski definition) is 3. The summed E-state index contributed by atoms with van der Waals surface area (Å²) in [5, 5.41) is 3.08. The number of amides is 2. The molecule has 1 N–H and O–H groups in total. The molecular formula is C18H24N4O2. The van der Waals surface area contributed by atoms with Crippen molar-refractivity contribution < 1.29 is 9.59 Å². The molecule has 0 saturated heterocycles. The first-order valence-corrected chi connectivity index (χ1v) is 8.08. The van der Waals surface area contributed by atoms with Crippen LogP contribution in [0.25, 0.3) is 0 Å². The minimum atomic E-state index is -0.113. The highest BCUT2D eigenvalue weighted by Crippen LogP contribution is 2.15. The Morgan fingerprint density at radius 2 is 2.04 bits per heavy atom. The van der Waals surface area contributed by atoms with E-state index in [9.17, 15) is 9.59 Å². The first kappa shape index (κ1) is 17.7. The van der Waals surface area contributed by atoms with E-state index >= 15 is 0 Å². The van der Waals surface area contributed by atoms with Crippen molar-refractivity contribution in [2.45, 2.75) is 32.4 Å². The van der Waals surface area contributed by atoms with Crippen LogP contribution in [0.5, 0.6) is 0 Å². The molecule has 1 heterocycles. The van der Waals surface area contributed by atoms with Crippen LogP contribution in [0.4, 0.5) is 0 Å². The lowest BCUT2D eigenvalue weighted by atomic mass is 10.1. The Morgan fingerprint density at radius 3 is 2.67 bits per heavy atom. The highest BCUT2D eigenvalue weighted by molar-refractivity contribution is 5.76. The molecule has 1 aromatic carbocycles. The van der Waals surface area contributed by atoms with Gasteiger partial charge in [0.25, 0.3) is 0 Å². The topological polar surface area (TPSA) is 67.2 Å². The van der Waals surface area contributed by atoms with Gasteiger partial charge in [-0.2, -0.15) is 0 Å². The largest absolute Gasteiger partial charge is 0.347 e. The van der Waals surface area contributed by atoms with Crippen LogP contribution in [-0.4, -0.2) is 39.9 Å². The normalized spacial score (nSPS) is 11.8. The predicted octanol–water partition coefficient (Wildman–Crippen LogP) is 2.00. The molecule has 6 nitrogen and oxygen atoms in total. The van der Waals surface area contributed by atoms with Crippen LogP contribution in [0.2, 0.25) is 0 Å². The molecule has 2 aromatic rings. The molecule has 0 radical (unpaired) electrons. The van der Waals surface area contributed by atoms with Crippen LogP contribution in [0, 0.1) is 0 Å². The molecule has 0 aliphatic heterocycles. The van der Waals surface area contributed by atoms with Gasteiger partial charge in [-0.05, 0) is 12.0 Å². The van der Waals surface area contributed by atoms with Gasteiger partial charge in [0.15, 0.2) is 0 Å². The third kappa shape index (κ3) is 5.53. The average molecular weight is 328 g/mol. The number of benzene rings is 1. The lowest BCUT2D eigenvalue weighted by molar-refractivity contribution is -0.128. The van der Waals surface area contributed by atoms with E-state index in [0.29, 0.717) is 25.9 Å². The van der Waals surface area contributed by atoms with Crippen LogP contribution in [-0.2, 0) is 16.1 Å². The van der Waals surface area contributed by atoms with Gasteiger partial charge in [-0.1, -0.05) is 30.3 Å². The molecule has 2 rings (SSSR count). The Bertz CT molecular complexity index is 640. The number of carbonyl (C=O) groups is 2. The van der Waals surface area contributed by atoms with Gasteiger partial charge in [-0.3, -0.25) is 9.59 Å². The second kappa shape index (κ2) is 8.86. The SMILES string of the molecule is CC(=O)N(C)CCCC(=O)NC(Cn1ccnc1)c1ccccc1. The number of nitrogens with zero attached hydrogens (tertiary/aromatic N) is 3. The van der Waals surface area contributed by atoms with Crippen LogP contribution >= 0.6 is 0 Å². The highest BCUT2D eigenvalue weighted by atomic mass is 16.2. The Hall–Kier alpha value is -2.63. The van der Waals surface area contributed by atoms with Crippen molar-refractivity contribution in [3.8, 4) is 0 Å². The zero-order chi connectivity index (χ0) is 17.4. The van der Waals surface area contributed by atoms with Crippen LogP contribution in [0.1, 0.15) is 31.4 Å². The summed E-state index contributed by atoms with van der Waals surface area (Å²) in [6.07, 6.45) is 6.38. The zero-order valence-electron chi connectivity index (χ0n) is 14.2. The van der Waals surface area contributed by atoms with E-state index in [1.165, 1.54) is 6.92 Å². The van der Waals surface area contributed by atoms with Gasteiger partial charge in [0.1, 0.15) is 0 Å². The van der Waals surface area contributed by atoms with Gasteiger partial charge in [-0.25, -0.2) is 4.98 Å². The molecule has 1 atom stereocenters. The number of aromatic nitrogens is 2. The van der Waals surface area contributed by atoms with E-state index in [2.05, 4.69) is 10.3 Å². The summed E-state index contributed by atoms with van der Waals surface area (Å²) in [7, 11) is 1.74. The lowest BCUT2D eigenvalue weighted by Crippen LogP contribution is -2.32. The molecular weight excluding hydrogens is 304 g/mol. The minimum absolute atomic E-state index is 0.0117. The molecule has 2 amide bonds. The van der Waals surface area contributed by atoms with Gasteiger partial charge in [-0.15, -0.1) is 0 Å². The van der Waals surface area contributed by atoms with Crippen molar-refractivity contribution in [1.82, 2.24) is 19.8 Å². The van der Waals surface area contributed by atoms with Crippen molar-refractivity contribution in [3.63, 3.8) is 0 Å². The molecule has 6 heteroatoms. The molecule has 0 aliphatic rings. The molecule has 1 aromatic heterocycles. The summed E-state index contributed by atoms with van der Waals surface area (Å²) in [6.45, 7) is 2.74. The van der Waals surface area contributed by atoms with Gasteiger partial charge in [0.2, 0.25) is 11.8 Å². The second-order valence-electron chi connectivity index (χ2n) is 5.83. The summed E-state index contributed by atoms with van der Waals surface area (Å²) in [4.78, 5) is 29.1. The number of nitrogens with one attached hydrogen (secondary N) is 1. The Balaban J connectivity index is 1.92. The quantitative estimate of drug-likeness (QED) is 0.806. The summed E-state index contributed by atoms with van der Waals surface area (Å²) < 4.78 is 1.95. The molecule has 0 saturated carbocycles. The average Bonchev–Trinajstić information content (AvgIpc) is 3.08. The molecule has 1 unspecified atom stereocenters. The Labute approximate surface area is 142 Å². The third-order valence-electron chi connectivity index (χ3n) is 3.92. The lowest BCUT2D eigenvalue weighted by Gasteiger charge is -2.20. The fourth-order valence-corrected chi connectivity index (χ4v) is 2.43. The van der Waals surface area contributed by atoms with Gasteiger partial charge in [0, 0.05) is 45.9 Å². The minimum Gasteiger partial charge on any atom is -0.347 e. The highest BCUT2D eigenvalue weighted by Gasteiger charge is 2.15. The van der Waals surface area contributed by atoms with E-state index < -0.39 is 0 Å². The first-order chi connectivity index (χ1) is 11.6. The summed E-state index contributed by atoms with van der Waals surface area (Å²) in [6, 6.07) is 9.78. The first-order valence-electron chi connectivity index (χ1n) is 8.08. The van der Waals surface area contributed by atoms with E-state index in [1.807, 2.05) is 41.1 Å². The van der Waals surface area contributed by atoms with Crippen molar-refractivity contribution in [2.24, 2.45) is 0 Å². The predicted molar refractivity (Wildman–Crippen MR) is 92.1 cm³/mol. The summed E-state index contributed by atoms with van der Waals surface area (Å²) in [5.41, 5.74) is 1.06. The third-order valence-corrected chi connectivity index (χ3v) is 3.92. The maximum absolute atomic E-state index is 12.3. The van der Waals surface area contributed by atoms with Crippen LogP contribution < -0.4 is 5.32 Å². The van der Waals surface area contributed by atoms with Crippen LogP contribution in [0.3, 0.4) is 0 Å². The Morgan fingerprint density at radius 1 is 1.29 bits per heavy atom. The fourth-order valence-electron chi connectivity index (χ4n) is 2.43. The zero-order valence-corrected chi connectivity index (χ0v) is 14.2. The monoisotopic (exact) mass is 328 g/mol. The second-order valence-corrected chi connectivity index (χ2v) is 5.83. The molecule has 0 spiro atoms. The van der Waals surface area contributed by atoms with Crippen molar-refractivity contribution in [2.75, 3.05) is 13.6 Å². The smallest absolute Gasteiger partial charge is 0.220 e. The van der Waals surface area contributed by atoms with E-state index in [0.717, 1.165) is 5.56 Å². The number of carbonyl (C=O) groups excluding carboxylic acids is 2. The van der Waals surface area contributed by atoms with Gasteiger partial charge < -0.3 is 14.8 Å². The van der Waals surface area contributed by atoms with Gasteiger partial charge >= 0.3 is 0 Å². The van der Waals surface area contributed by atoms with Gasteiger partial charge in [0.05, 0.1) is 12.4 Å². The summed E-state index contributed by atoms with van der Waals surface area (Å²) in [5.74, 6) is -0.00130. The van der Waals surface area contributed by atoms with Crippen LogP contribution in [0.15, 0.2) is 49.1 Å². The van der Waals surface area contributed by atoms with E-state index in [-0.39, 0.29) is 17.9 Å². The van der Waals surface area contributed by atoms with Crippen molar-refractivity contribution in [1.29, 1.82) is 0 Å². The standard InChI is InChI=1S/C18H24N4O2/c1-15(23)21(2)11-6-9-18(24)20-17(13-22-12-10-19-14-22)16-7-4-3-5-8-16/h3-5,7-8,10,12,14,17H,6,9,11,13H2,1-2H3,(H,20,24). The molecule has 0 aliphatic carbocycles. The number of imidazole rings is 1. The maximum Gasteiger partial charge on any atom is 0.220 e.